The molecule has 0 saturated heterocycles. The average molecular weight is 370 g/mol. The van der Waals surface area contributed by atoms with E-state index in [1.807, 2.05) is 0 Å². The van der Waals surface area contributed by atoms with E-state index in [-0.39, 0.29) is 25.1 Å². The van der Waals surface area contributed by atoms with E-state index in [2.05, 4.69) is 4.98 Å². The lowest BCUT2D eigenvalue weighted by molar-refractivity contribution is -0.125. The number of nitrogens with zero attached hydrogens (tertiary/aromatic N) is 3. The number of carbonyl (C=O) groups excluding carboxylic acids is 1. The Morgan fingerprint density at radius 1 is 1.48 bits per heavy atom. The summed E-state index contributed by atoms with van der Waals surface area (Å²) in [6.07, 6.45) is 5.32. The van der Waals surface area contributed by atoms with Crippen LogP contribution in [0.5, 0.6) is 11.5 Å². The van der Waals surface area contributed by atoms with Crippen molar-refractivity contribution in [3.8, 4) is 11.5 Å². The second-order valence-corrected chi connectivity index (χ2v) is 5.70. The predicted octanol–water partition coefficient (Wildman–Crippen LogP) is 3.33. The second-order valence-electron chi connectivity index (χ2n) is 5.29. The Labute approximate surface area is 147 Å². The van der Waals surface area contributed by atoms with Crippen molar-refractivity contribution in [2.45, 2.75) is 13.1 Å². The molecular weight excluding hydrogens is 356 g/mol. The number of hydrogen-bond acceptors (Lipinski definition) is 4. The van der Waals surface area contributed by atoms with Crippen molar-refractivity contribution in [1.82, 2.24) is 14.5 Å². The number of amides is 1. The number of benzene rings is 1. The first-order valence-electron chi connectivity index (χ1n) is 7.28. The van der Waals surface area contributed by atoms with Crippen LogP contribution in [0.3, 0.4) is 0 Å². The Morgan fingerprint density at radius 2 is 2.28 bits per heavy atom. The van der Waals surface area contributed by atoms with Crippen molar-refractivity contribution in [3.63, 3.8) is 0 Å². The molecule has 1 aromatic carbocycles. The Morgan fingerprint density at radius 3 is 3.04 bits per heavy atom. The van der Waals surface area contributed by atoms with Gasteiger partial charge in [-0.05, 0) is 23.8 Å². The van der Waals surface area contributed by atoms with Gasteiger partial charge in [0, 0.05) is 25.5 Å². The lowest BCUT2D eigenvalue weighted by Crippen LogP contribution is -2.26. The molecule has 9 heteroatoms. The lowest BCUT2D eigenvalue weighted by atomic mass is 10.2. The molecule has 1 aliphatic heterocycles. The van der Waals surface area contributed by atoms with Gasteiger partial charge in [-0.3, -0.25) is 9.36 Å². The summed E-state index contributed by atoms with van der Waals surface area (Å²) in [6, 6.07) is 3.34. The van der Waals surface area contributed by atoms with Crippen LogP contribution in [0, 0.1) is 0 Å². The first kappa shape index (κ1) is 17.2. The molecule has 0 saturated carbocycles. The minimum atomic E-state index is -2.70. The van der Waals surface area contributed by atoms with Crippen molar-refractivity contribution < 1.29 is 23.0 Å². The van der Waals surface area contributed by atoms with Gasteiger partial charge < -0.3 is 14.4 Å². The van der Waals surface area contributed by atoms with Gasteiger partial charge in [-0.25, -0.2) is 4.98 Å². The number of aromatic nitrogens is 2. The Hall–Kier alpha value is -2.61. The van der Waals surface area contributed by atoms with Crippen LogP contribution >= 0.6 is 11.6 Å². The van der Waals surface area contributed by atoms with Crippen molar-refractivity contribution in [2.24, 2.45) is 0 Å². The monoisotopic (exact) mass is 369 g/mol. The van der Waals surface area contributed by atoms with E-state index < -0.39 is 6.55 Å². The van der Waals surface area contributed by atoms with Gasteiger partial charge in [-0.15, -0.1) is 0 Å². The van der Waals surface area contributed by atoms with E-state index in [1.165, 1.54) is 30.4 Å². The molecule has 0 spiro atoms. The highest BCUT2D eigenvalue weighted by Gasteiger charge is 2.18. The van der Waals surface area contributed by atoms with E-state index in [4.69, 9.17) is 21.1 Å². The number of rotatable bonds is 5. The third-order valence-corrected chi connectivity index (χ3v) is 3.86. The molecule has 0 unspecified atom stereocenters. The van der Waals surface area contributed by atoms with E-state index in [0.717, 1.165) is 0 Å². The highest BCUT2D eigenvalue weighted by molar-refractivity contribution is 6.32. The summed E-state index contributed by atoms with van der Waals surface area (Å²) in [6.45, 7) is -2.64. The molecule has 0 N–H and O–H groups in total. The van der Waals surface area contributed by atoms with Gasteiger partial charge in [0.1, 0.15) is 5.82 Å². The van der Waals surface area contributed by atoms with Gasteiger partial charge in [0.25, 0.3) is 0 Å². The summed E-state index contributed by atoms with van der Waals surface area (Å²) in [7, 11) is 1.50. The van der Waals surface area contributed by atoms with Crippen LogP contribution < -0.4 is 9.47 Å². The predicted molar refractivity (Wildman–Crippen MR) is 86.6 cm³/mol. The average Bonchev–Trinajstić information content (AvgIpc) is 3.21. The maximum absolute atomic E-state index is 12.8. The molecule has 0 radical (unpaired) electrons. The molecule has 2 aromatic rings. The van der Waals surface area contributed by atoms with Crippen LogP contribution in [0.4, 0.5) is 8.78 Å². The van der Waals surface area contributed by atoms with Gasteiger partial charge in [-0.2, -0.15) is 8.78 Å². The molecule has 6 nitrogen and oxygen atoms in total. The lowest BCUT2D eigenvalue weighted by Gasteiger charge is -2.15. The first-order chi connectivity index (χ1) is 12.0. The normalized spacial score (nSPS) is 13.0. The summed E-state index contributed by atoms with van der Waals surface area (Å²) in [4.78, 5) is 17.3. The minimum absolute atomic E-state index is 0.0393. The largest absolute Gasteiger partial charge is 0.454 e. The number of ether oxygens (including phenoxy) is 2. The van der Waals surface area contributed by atoms with Gasteiger partial charge in [0.15, 0.2) is 11.5 Å². The minimum Gasteiger partial charge on any atom is -0.454 e. The van der Waals surface area contributed by atoms with E-state index in [9.17, 15) is 13.6 Å². The van der Waals surface area contributed by atoms with E-state index >= 15 is 0 Å². The fraction of sp³-hybridized carbons (Fsp3) is 0.250. The summed E-state index contributed by atoms with van der Waals surface area (Å²) >= 11 is 6.08. The maximum atomic E-state index is 12.8. The Balaban J connectivity index is 1.68. The fourth-order valence-corrected chi connectivity index (χ4v) is 2.59. The molecule has 3 rings (SSSR count). The highest BCUT2D eigenvalue weighted by Crippen LogP contribution is 2.40. The first-order valence-corrected chi connectivity index (χ1v) is 7.65. The van der Waals surface area contributed by atoms with Gasteiger partial charge >= 0.3 is 6.55 Å². The van der Waals surface area contributed by atoms with Crippen molar-refractivity contribution in [2.75, 3.05) is 13.8 Å². The molecule has 0 fully saturated rings. The summed E-state index contributed by atoms with van der Waals surface area (Å²) in [5, 5.41) is 0.384. The molecule has 0 aliphatic carbocycles. The van der Waals surface area contributed by atoms with E-state index in [0.29, 0.717) is 26.7 Å². The molecule has 0 atom stereocenters. The summed E-state index contributed by atoms with van der Waals surface area (Å²) in [5.41, 5.74) is 0.657. The fourth-order valence-electron chi connectivity index (χ4n) is 2.31. The molecule has 1 aliphatic rings. The number of carbonyl (C=O) groups is 1. The van der Waals surface area contributed by atoms with E-state index in [1.54, 1.807) is 18.2 Å². The topological polar surface area (TPSA) is 56.6 Å². The Kier molecular flexibility index (Phi) is 4.89. The quantitative estimate of drug-likeness (QED) is 0.759. The van der Waals surface area contributed by atoms with Gasteiger partial charge in [-0.1, -0.05) is 11.6 Å². The standard InChI is InChI=1S/C16H14ClF2N3O3/c1-21(8-13-20-4-5-22(13)16(18)19)14(23)3-2-10-6-11(17)15-12(7-10)24-9-25-15/h2-7,16H,8-9H2,1H3/b3-2+. The number of hydrogen-bond donors (Lipinski definition) is 0. The number of alkyl halides is 2. The van der Waals surface area contributed by atoms with Gasteiger partial charge in [0.2, 0.25) is 12.7 Å². The van der Waals surface area contributed by atoms with Crippen LogP contribution in [-0.4, -0.2) is 34.2 Å². The van der Waals surface area contributed by atoms with Crippen LogP contribution in [0.25, 0.3) is 6.08 Å². The molecule has 25 heavy (non-hydrogen) atoms. The number of halogens is 3. The number of imidazole rings is 1. The summed E-state index contributed by atoms with van der Waals surface area (Å²) in [5.74, 6) is 0.719. The third-order valence-electron chi connectivity index (χ3n) is 3.58. The van der Waals surface area contributed by atoms with Crippen LogP contribution in [0.1, 0.15) is 17.9 Å². The zero-order valence-electron chi connectivity index (χ0n) is 13.2. The molecule has 1 aromatic heterocycles. The van der Waals surface area contributed by atoms with Crippen LogP contribution in [-0.2, 0) is 11.3 Å². The SMILES string of the molecule is CN(Cc1nccn1C(F)F)C(=O)/C=C/c1cc(Cl)c2c(c1)OCO2. The molecular formula is C16H14ClF2N3O3. The van der Waals surface area contributed by atoms with Crippen molar-refractivity contribution in [3.05, 3.63) is 47.0 Å². The molecule has 0 bridgehead atoms. The van der Waals surface area contributed by atoms with Gasteiger partial charge in [0.05, 0.1) is 11.6 Å². The number of likely N-dealkylation sites (N-methyl/N-ethyl adjacent to an activating group) is 1. The Bertz CT molecular complexity index is 823. The molecule has 132 valence electrons. The zero-order valence-corrected chi connectivity index (χ0v) is 13.9. The second kappa shape index (κ2) is 7.10. The van der Waals surface area contributed by atoms with Crippen LogP contribution in [0.2, 0.25) is 5.02 Å². The molecule has 1 amide bonds. The summed E-state index contributed by atoms with van der Waals surface area (Å²) < 4.78 is 36.8. The third kappa shape index (κ3) is 3.74. The van der Waals surface area contributed by atoms with Crippen molar-refractivity contribution >= 4 is 23.6 Å². The maximum Gasteiger partial charge on any atom is 0.319 e. The zero-order chi connectivity index (χ0) is 18.0. The highest BCUT2D eigenvalue weighted by atomic mass is 35.5. The molecule has 2 heterocycles. The number of fused-ring (bicyclic) bond motifs is 1. The smallest absolute Gasteiger partial charge is 0.319 e. The van der Waals surface area contributed by atoms with Crippen molar-refractivity contribution in [1.29, 1.82) is 0 Å². The van der Waals surface area contributed by atoms with Crippen LogP contribution in [0.15, 0.2) is 30.6 Å².